The molecule has 2 amide bonds. The zero-order valence-corrected chi connectivity index (χ0v) is 12.6. The lowest BCUT2D eigenvalue weighted by Gasteiger charge is -2.63. The summed E-state index contributed by atoms with van der Waals surface area (Å²) in [6.07, 6.45) is 5.02. The first-order valence-corrected chi connectivity index (χ1v) is 8.13. The molecule has 1 saturated heterocycles. The number of ether oxygens (including phenoxy) is 1. The van der Waals surface area contributed by atoms with Crippen molar-refractivity contribution in [3.63, 3.8) is 0 Å². The Bertz CT molecular complexity index is 544. The minimum absolute atomic E-state index is 0.206. The molecule has 5 nitrogen and oxygen atoms in total. The summed E-state index contributed by atoms with van der Waals surface area (Å²) in [6.45, 7) is 1.21. The summed E-state index contributed by atoms with van der Waals surface area (Å²) < 4.78 is 5.86. The third-order valence-electron chi connectivity index (χ3n) is 5.57. The van der Waals surface area contributed by atoms with Gasteiger partial charge in [0.15, 0.2) is 0 Å². The van der Waals surface area contributed by atoms with Crippen molar-refractivity contribution >= 4 is 6.03 Å². The van der Waals surface area contributed by atoms with Crippen molar-refractivity contribution in [2.24, 2.45) is 11.3 Å². The van der Waals surface area contributed by atoms with E-state index in [-0.39, 0.29) is 17.5 Å². The number of urea groups is 1. The first-order valence-electron chi connectivity index (χ1n) is 8.13. The molecule has 0 unspecified atom stereocenters. The second-order valence-corrected chi connectivity index (χ2v) is 6.66. The average molecular weight is 302 g/mol. The third kappa shape index (κ3) is 2.20. The fraction of sp³-hybridized carbons (Fsp3) is 0.588. The van der Waals surface area contributed by atoms with Crippen LogP contribution in [0.15, 0.2) is 30.3 Å². The van der Waals surface area contributed by atoms with Crippen LogP contribution in [0.1, 0.15) is 31.2 Å². The molecule has 1 aliphatic heterocycles. The molecule has 22 heavy (non-hydrogen) atoms. The van der Waals surface area contributed by atoms with Crippen LogP contribution in [0.5, 0.6) is 0 Å². The van der Waals surface area contributed by atoms with Crippen molar-refractivity contribution in [3.05, 3.63) is 35.9 Å². The van der Waals surface area contributed by atoms with Crippen molar-refractivity contribution in [2.45, 2.75) is 44.4 Å². The number of benzene rings is 1. The largest absolute Gasteiger partial charge is 0.377 e. The highest BCUT2D eigenvalue weighted by atomic mass is 16.7. The number of carbonyl (C=O) groups is 1. The highest BCUT2D eigenvalue weighted by Crippen LogP contribution is 2.62. The van der Waals surface area contributed by atoms with Gasteiger partial charge in [-0.05, 0) is 24.8 Å². The van der Waals surface area contributed by atoms with E-state index in [1.807, 2.05) is 30.3 Å². The van der Waals surface area contributed by atoms with Gasteiger partial charge >= 0.3 is 6.03 Å². The summed E-state index contributed by atoms with van der Waals surface area (Å²) in [5.74, 6) is 0.486. The molecular weight excluding hydrogens is 280 g/mol. The van der Waals surface area contributed by atoms with E-state index in [0.717, 1.165) is 18.6 Å². The van der Waals surface area contributed by atoms with Crippen LogP contribution < -0.4 is 10.8 Å². The van der Waals surface area contributed by atoms with E-state index in [1.54, 1.807) is 0 Å². The molecule has 3 fully saturated rings. The standard InChI is InChI=1S/C17H22N2O3/c20-16(19-22-11-12-5-2-1-3-6-12)18-14-13-7-10-21-15(13)17(14)8-4-9-17/h1-3,5-6,13-15H,4,7-11H2,(H2,18,19,20)/t13-,14+,15-/m0/s1. The van der Waals surface area contributed by atoms with Crippen molar-refractivity contribution in [1.29, 1.82) is 0 Å². The molecule has 3 aliphatic rings. The van der Waals surface area contributed by atoms with Crippen LogP contribution in [-0.2, 0) is 16.2 Å². The lowest BCUT2D eigenvalue weighted by Crippen LogP contribution is -2.72. The molecule has 3 atom stereocenters. The van der Waals surface area contributed by atoms with Crippen LogP contribution in [0, 0.1) is 11.3 Å². The van der Waals surface area contributed by atoms with Gasteiger partial charge < -0.3 is 10.1 Å². The minimum Gasteiger partial charge on any atom is -0.377 e. The van der Waals surface area contributed by atoms with Crippen LogP contribution in [0.3, 0.4) is 0 Å². The highest BCUT2D eigenvalue weighted by Gasteiger charge is 2.66. The fourth-order valence-electron chi connectivity index (χ4n) is 4.39. The third-order valence-corrected chi connectivity index (χ3v) is 5.57. The van der Waals surface area contributed by atoms with Crippen molar-refractivity contribution in [1.82, 2.24) is 10.8 Å². The Hall–Kier alpha value is -1.59. The smallest absolute Gasteiger partial charge is 0.338 e. The predicted octanol–water partition coefficient (Wildman–Crippen LogP) is 2.38. The average Bonchev–Trinajstić information content (AvgIpc) is 2.90. The zero-order valence-electron chi connectivity index (χ0n) is 12.6. The molecule has 1 aromatic carbocycles. The maximum atomic E-state index is 12.1. The van der Waals surface area contributed by atoms with Crippen LogP contribution in [0.2, 0.25) is 0 Å². The van der Waals surface area contributed by atoms with E-state index in [4.69, 9.17) is 9.57 Å². The lowest BCUT2D eigenvalue weighted by atomic mass is 9.46. The Kier molecular flexibility index (Phi) is 3.54. The number of hydroxylamine groups is 1. The molecule has 0 bridgehead atoms. The Morgan fingerprint density at radius 3 is 2.86 bits per heavy atom. The number of hydrogen-bond donors (Lipinski definition) is 2. The second-order valence-electron chi connectivity index (χ2n) is 6.66. The molecule has 118 valence electrons. The lowest BCUT2D eigenvalue weighted by molar-refractivity contribution is -0.172. The number of amides is 2. The van der Waals surface area contributed by atoms with Gasteiger partial charge in [-0.25, -0.2) is 10.3 Å². The van der Waals surface area contributed by atoms with Gasteiger partial charge in [0, 0.05) is 24.0 Å². The molecule has 0 radical (unpaired) electrons. The zero-order chi connectivity index (χ0) is 15.0. The molecule has 1 aromatic rings. The van der Waals surface area contributed by atoms with Crippen molar-refractivity contribution in [2.75, 3.05) is 6.61 Å². The van der Waals surface area contributed by atoms with Crippen LogP contribution in [0.25, 0.3) is 0 Å². The molecule has 2 saturated carbocycles. The van der Waals surface area contributed by atoms with Crippen molar-refractivity contribution < 1.29 is 14.4 Å². The first kappa shape index (κ1) is 14.0. The summed E-state index contributed by atoms with van der Waals surface area (Å²) >= 11 is 0. The van der Waals surface area contributed by atoms with Gasteiger partial charge in [0.25, 0.3) is 0 Å². The van der Waals surface area contributed by atoms with E-state index in [2.05, 4.69) is 10.8 Å². The van der Waals surface area contributed by atoms with Gasteiger partial charge in [0.2, 0.25) is 0 Å². The Labute approximate surface area is 130 Å². The van der Waals surface area contributed by atoms with E-state index in [1.165, 1.54) is 19.3 Å². The second kappa shape index (κ2) is 5.56. The molecule has 5 heteroatoms. The SMILES string of the molecule is O=C(NOCc1ccccc1)N[C@@H]1[C@@H]2CCO[C@@H]2C12CCC2. The summed E-state index contributed by atoms with van der Waals surface area (Å²) in [6, 6.07) is 9.80. The van der Waals surface area contributed by atoms with E-state index >= 15 is 0 Å². The van der Waals surface area contributed by atoms with E-state index in [0.29, 0.717) is 18.6 Å². The summed E-state index contributed by atoms with van der Waals surface area (Å²) in [7, 11) is 0. The number of fused-ring (bicyclic) bond motifs is 2. The van der Waals surface area contributed by atoms with Gasteiger partial charge in [-0.2, -0.15) is 0 Å². The normalized spacial score (nSPS) is 31.0. The van der Waals surface area contributed by atoms with Crippen LogP contribution in [-0.4, -0.2) is 24.8 Å². The maximum Gasteiger partial charge on any atom is 0.338 e. The van der Waals surface area contributed by atoms with E-state index in [9.17, 15) is 4.79 Å². The Balaban J connectivity index is 1.27. The summed E-state index contributed by atoms with van der Waals surface area (Å²) in [5, 5.41) is 3.11. The summed E-state index contributed by atoms with van der Waals surface area (Å²) in [5.41, 5.74) is 3.75. The molecule has 0 aromatic heterocycles. The van der Waals surface area contributed by atoms with Crippen molar-refractivity contribution in [3.8, 4) is 0 Å². The molecule has 4 rings (SSSR count). The van der Waals surface area contributed by atoms with Gasteiger partial charge in [-0.15, -0.1) is 0 Å². The minimum atomic E-state index is -0.238. The quantitative estimate of drug-likeness (QED) is 0.840. The molecule has 1 heterocycles. The Morgan fingerprint density at radius 2 is 2.14 bits per heavy atom. The summed E-state index contributed by atoms with van der Waals surface area (Å²) in [4.78, 5) is 17.4. The number of nitrogens with one attached hydrogen (secondary N) is 2. The molecular formula is C17H22N2O3. The van der Waals surface area contributed by atoms with Gasteiger partial charge in [0.05, 0.1) is 12.7 Å². The monoisotopic (exact) mass is 302 g/mol. The number of carbonyl (C=O) groups excluding carboxylic acids is 1. The number of hydrogen-bond acceptors (Lipinski definition) is 3. The highest BCUT2D eigenvalue weighted by molar-refractivity contribution is 5.73. The van der Waals surface area contributed by atoms with Gasteiger partial charge in [-0.1, -0.05) is 36.8 Å². The van der Waals surface area contributed by atoms with Gasteiger partial charge in [-0.3, -0.25) is 4.84 Å². The molecule has 1 spiro atoms. The molecule has 2 aliphatic carbocycles. The maximum absolute atomic E-state index is 12.1. The predicted molar refractivity (Wildman–Crippen MR) is 80.8 cm³/mol. The van der Waals surface area contributed by atoms with E-state index < -0.39 is 0 Å². The Morgan fingerprint density at radius 1 is 1.32 bits per heavy atom. The van der Waals surface area contributed by atoms with Crippen LogP contribution in [0.4, 0.5) is 4.79 Å². The fourth-order valence-corrected chi connectivity index (χ4v) is 4.39. The number of rotatable bonds is 4. The van der Waals surface area contributed by atoms with Crippen LogP contribution >= 0.6 is 0 Å². The van der Waals surface area contributed by atoms with Gasteiger partial charge in [0.1, 0.15) is 0 Å². The first-order chi connectivity index (χ1) is 10.8. The topological polar surface area (TPSA) is 59.6 Å². The molecule has 2 N–H and O–H groups in total.